The normalized spacial score (nSPS) is 29.1. The van der Waals surface area contributed by atoms with Gasteiger partial charge in [0.05, 0.1) is 18.8 Å². The summed E-state index contributed by atoms with van der Waals surface area (Å²) in [6, 6.07) is 6.65. The molecule has 1 saturated heterocycles. The smallest absolute Gasteiger partial charge is 0.0691 e. The minimum absolute atomic E-state index is 0.0790. The molecule has 2 nitrogen and oxygen atoms in total. The number of hydrogen-bond acceptors (Lipinski definition) is 2. The van der Waals surface area contributed by atoms with Gasteiger partial charge in [0.15, 0.2) is 0 Å². The Morgan fingerprint density at radius 3 is 3.12 bits per heavy atom. The number of rotatable bonds is 0. The summed E-state index contributed by atoms with van der Waals surface area (Å²) in [4.78, 5) is 0. The molecule has 1 heterocycles. The fourth-order valence-electron chi connectivity index (χ4n) is 2.92. The van der Waals surface area contributed by atoms with Crippen molar-refractivity contribution >= 4 is 15.9 Å². The van der Waals surface area contributed by atoms with Crippen LogP contribution < -0.4 is 5.32 Å². The zero-order chi connectivity index (χ0) is 11.0. The van der Waals surface area contributed by atoms with Gasteiger partial charge in [-0.2, -0.15) is 0 Å². The zero-order valence-corrected chi connectivity index (χ0v) is 10.8. The number of fused-ring (bicyclic) bond motifs is 2. The molecule has 1 aliphatic carbocycles. The molecular weight excluding hydrogens is 266 g/mol. The van der Waals surface area contributed by atoms with Crippen molar-refractivity contribution < 1.29 is 4.74 Å². The van der Waals surface area contributed by atoms with Gasteiger partial charge in [-0.25, -0.2) is 0 Å². The summed E-state index contributed by atoms with van der Waals surface area (Å²) < 4.78 is 6.85. The van der Waals surface area contributed by atoms with Gasteiger partial charge in [0.25, 0.3) is 0 Å². The molecule has 3 rings (SSSR count). The predicted octanol–water partition coefficient (Wildman–Crippen LogP) is 2.60. The Kier molecular flexibility index (Phi) is 2.78. The second-order valence-electron chi connectivity index (χ2n) is 4.72. The third kappa shape index (κ3) is 1.71. The SMILES string of the molecule is Brc1ccc2c(c1)[C@@]1(CCC2)COCCN1. The molecule has 1 N–H and O–H groups in total. The first-order valence-electron chi connectivity index (χ1n) is 5.92. The zero-order valence-electron chi connectivity index (χ0n) is 9.26. The molecule has 0 bridgehead atoms. The Bertz CT molecular complexity index is 399. The van der Waals surface area contributed by atoms with E-state index in [-0.39, 0.29) is 5.54 Å². The molecule has 0 amide bonds. The maximum Gasteiger partial charge on any atom is 0.0691 e. The molecule has 1 aromatic carbocycles. The first kappa shape index (κ1) is 10.8. The lowest BCUT2D eigenvalue weighted by Gasteiger charge is -2.42. The third-order valence-corrected chi connectivity index (χ3v) is 4.19. The van der Waals surface area contributed by atoms with Crippen molar-refractivity contribution in [3.63, 3.8) is 0 Å². The molecule has 0 aromatic heterocycles. The Hall–Kier alpha value is -0.380. The number of nitrogens with one attached hydrogen (secondary N) is 1. The quantitative estimate of drug-likeness (QED) is 0.789. The summed E-state index contributed by atoms with van der Waals surface area (Å²) in [5.74, 6) is 0. The molecular formula is C13H16BrNO. The Balaban J connectivity index is 2.06. The van der Waals surface area contributed by atoms with Gasteiger partial charge in [0.2, 0.25) is 0 Å². The van der Waals surface area contributed by atoms with E-state index in [1.54, 1.807) is 0 Å². The summed E-state index contributed by atoms with van der Waals surface area (Å²) in [5.41, 5.74) is 3.00. The van der Waals surface area contributed by atoms with Gasteiger partial charge in [-0.05, 0) is 42.5 Å². The fourth-order valence-corrected chi connectivity index (χ4v) is 3.28. The van der Waals surface area contributed by atoms with E-state index in [1.807, 2.05) is 0 Å². The van der Waals surface area contributed by atoms with Gasteiger partial charge in [-0.3, -0.25) is 0 Å². The minimum atomic E-state index is 0.0790. The van der Waals surface area contributed by atoms with Crippen LogP contribution in [0, 0.1) is 0 Å². The van der Waals surface area contributed by atoms with Crippen LogP contribution in [0.15, 0.2) is 22.7 Å². The van der Waals surface area contributed by atoms with Crippen molar-refractivity contribution in [2.45, 2.75) is 24.8 Å². The molecule has 0 saturated carbocycles. The van der Waals surface area contributed by atoms with Gasteiger partial charge in [-0.1, -0.05) is 22.0 Å². The fraction of sp³-hybridized carbons (Fsp3) is 0.538. The molecule has 0 unspecified atom stereocenters. The van der Waals surface area contributed by atoms with E-state index in [1.165, 1.54) is 34.9 Å². The highest BCUT2D eigenvalue weighted by molar-refractivity contribution is 9.10. The minimum Gasteiger partial charge on any atom is -0.378 e. The van der Waals surface area contributed by atoms with Crippen LogP contribution in [0.4, 0.5) is 0 Å². The van der Waals surface area contributed by atoms with Gasteiger partial charge in [0, 0.05) is 11.0 Å². The van der Waals surface area contributed by atoms with E-state index in [9.17, 15) is 0 Å². The first-order chi connectivity index (χ1) is 7.80. The standard InChI is InChI=1S/C13H16BrNO/c14-11-4-3-10-2-1-5-13(12(10)8-11)9-16-7-6-15-13/h3-4,8,15H,1-2,5-7,9H2/t13-/m1/s1. The monoisotopic (exact) mass is 281 g/mol. The van der Waals surface area contributed by atoms with Gasteiger partial charge in [-0.15, -0.1) is 0 Å². The number of hydrogen-bond donors (Lipinski definition) is 1. The van der Waals surface area contributed by atoms with Crippen LogP contribution in [-0.4, -0.2) is 19.8 Å². The number of benzene rings is 1. The van der Waals surface area contributed by atoms with Crippen molar-refractivity contribution in [3.8, 4) is 0 Å². The van der Waals surface area contributed by atoms with Crippen LogP contribution in [0.2, 0.25) is 0 Å². The van der Waals surface area contributed by atoms with Gasteiger partial charge >= 0.3 is 0 Å². The van der Waals surface area contributed by atoms with Crippen LogP contribution >= 0.6 is 15.9 Å². The summed E-state index contributed by atoms with van der Waals surface area (Å²) in [6.45, 7) is 2.62. The Morgan fingerprint density at radius 2 is 2.31 bits per heavy atom. The highest BCUT2D eigenvalue weighted by Crippen LogP contribution is 2.38. The molecule has 86 valence electrons. The van der Waals surface area contributed by atoms with E-state index in [0.717, 1.165) is 19.8 Å². The van der Waals surface area contributed by atoms with E-state index < -0.39 is 0 Å². The van der Waals surface area contributed by atoms with Gasteiger partial charge < -0.3 is 10.1 Å². The molecule has 1 spiro atoms. The topological polar surface area (TPSA) is 21.3 Å². The molecule has 0 radical (unpaired) electrons. The number of aryl methyl sites for hydroxylation is 1. The third-order valence-electron chi connectivity index (χ3n) is 3.70. The van der Waals surface area contributed by atoms with Crippen molar-refractivity contribution in [3.05, 3.63) is 33.8 Å². The summed E-state index contributed by atoms with van der Waals surface area (Å²) in [7, 11) is 0. The first-order valence-corrected chi connectivity index (χ1v) is 6.71. The average Bonchev–Trinajstić information content (AvgIpc) is 2.32. The number of morpholine rings is 1. The number of halogens is 1. The Morgan fingerprint density at radius 1 is 1.38 bits per heavy atom. The lowest BCUT2D eigenvalue weighted by atomic mass is 9.76. The van der Waals surface area contributed by atoms with Crippen LogP contribution in [-0.2, 0) is 16.7 Å². The van der Waals surface area contributed by atoms with Crippen molar-refractivity contribution in [1.82, 2.24) is 5.32 Å². The summed E-state index contributed by atoms with van der Waals surface area (Å²) in [6.07, 6.45) is 3.65. The van der Waals surface area contributed by atoms with Crippen molar-refractivity contribution in [2.24, 2.45) is 0 Å². The van der Waals surface area contributed by atoms with E-state index >= 15 is 0 Å². The lowest BCUT2D eigenvalue weighted by Crippen LogP contribution is -2.53. The molecule has 1 aromatic rings. The molecule has 2 aliphatic rings. The second-order valence-corrected chi connectivity index (χ2v) is 5.63. The average molecular weight is 282 g/mol. The number of ether oxygens (including phenoxy) is 1. The highest BCUT2D eigenvalue weighted by Gasteiger charge is 2.38. The van der Waals surface area contributed by atoms with Crippen LogP contribution in [0.1, 0.15) is 24.0 Å². The predicted molar refractivity (Wildman–Crippen MR) is 67.6 cm³/mol. The second kappa shape index (κ2) is 4.13. The maximum absolute atomic E-state index is 5.68. The lowest BCUT2D eigenvalue weighted by molar-refractivity contribution is 0.0169. The largest absolute Gasteiger partial charge is 0.378 e. The molecule has 1 aliphatic heterocycles. The Labute approximate surface area is 105 Å². The molecule has 1 atom stereocenters. The van der Waals surface area contributed by atoms with Gasteiger partial charge in [0.1, 0.15) is 0 Å². The van der Waals surface area contributed by atoms with E-state index in [0.29, 0.717) is 0 Å². The molecule has 1 fully saturated rings. The van der Waals surface area contributed by atoms with E-state index in [2.05, 4.69) is 39.4 Å². The van der Waals surface area contributed by atoms with Crippen LogP contribution in [0.25, 0.3) is 0 Å². The molecule has 16 heavy (non-hydrogen) atoms. The van der Waals surface area contributed by atoms with Crippen molar-refractivity contribution in [1.29, 1.82) is 0 Å². The maximum atomic E-state index is 5.68. The molecule has 3 heteroatoms. The summed E-state index contributed by atoms with van der Waals surface area (Å²) in [5, 5.41) is 3.67. The summed E-state index contributed by atoms with van der Waals surface area (Å²) >= 11 is 3.57. The van der Waals surface area contributed by atoms with Crippen LogP contribution in [0.3, 0.4) is 0 Å². The van der Waals surface area contributed by atoms with E-state index in [4.69, 9.17) is 4.74 Å². The van der Waals surface area contributed by atoms with Crippen LogP contribution in [0.5, 0.6) is 0 Å². The highest BCUT2D eigenvalue weighted by atomic mass is 79.9. The van der Waals surface area contributed by atoms with Crippen molar-refractivity contribution in [2.75, 3.05) is 19.8 Å².